The number of anilines is 1. The highest BCUT2D eigenvalue weighted by molar-refractivity contribution is 6.31. The second kappa shape index (κ2) is 8.29. The molecule has 0 saturated carbocycles. The minimum absolute atomic E-state index is 0.0246. The van der Waals surface area contributed by atoms with Crippen LogP contribution < -0.4 is 20.4 Å². The maximum absolute atomic E-state index is 11.9. The molecule has 0 unspecified atom stereocenters. The van der Waals surface area contributed by atoms with E-state index in [1.165, 1.54) is 9.80 Å². The summed E-state index contributed by atoms with van der Waals surface area (Å²) in [6.07, 6.45) is 0. The molecule has 4 N–H and O–H groups in total. The van der Waals surface area contributed by atoms with Crippen molar-refractivity contribution in [1.29, 1.82) is 0 Å². The summed E-state index contributed by atoms with van der Waals surface area (Å²) >= 11 is 6.02. The molecular weight excluding hydrogens is 316 g/mol. The van der Waals surface area contributed by atoms with Crippen molar-refractivity contribution in [2.75, 3.05) is 51.6 Å². The number of carbonyl (C=O) groups excluding carboxylic acids is 2. The van der Waals surface area contributed by atoms with E-state index >= 15 is 0 Å². The van der Waals surface area contributed by atoms with Gasteiger partial charge in [-0.3, -0.25) is 9.59 Å². The van der Waals surface area contributed by atoms with E-state index in [4.69, 9.17) is 11.6 Å². The first-order valence-electron chi connectivity index (χ1n) is 7.92. The number of amides is 2. The minimum Gasteiger partial charge on any atom is -0.342 e. The van der Waals surface area contributed by atoms with E-state index in [-0.39, 0.29) is 18.4 Å². The number of rotatable bonds is 5. The molecule has 1 aliphatic heterocycles. The summed E-state index contributed by atoms with van der Waals surface area (Å²) in [6, 6.07) is 5.34. The Kier molecular flexibility index (Phi) is 6.38. The van der Waals surface area contributed by atoms with Crippen molar-refractivity contribution in [3.63, 3.8) is 0 Å². The van der Waals surface area contributed by atoms with Crippen molar-refractivity contribution >= 4 is 29.1 Å². The van der Waals surface area contributed by atoms with E-state index in [1.807, 2.05) is 6.92 Å². The van der Waals surface area contributed by atoms with Crippen LogP contribution in [0.1, 0.15) is 5.56 Å². The number of nitrogens with one attached hydrogen (secondary N) is 4. The molecule has 2 rings (SSSR count). The lowest BCUT2D eigenvalue weighted by Gasteiger charge is -2.26. The van der Waals surface area contributed by atoms with Crippen LogP contribution in [0.15, 0.2) is 18.2 Å². The number of halogens is 1. The number of piperazine rings is 1. The lowest BCUT2D eigenvalue weighted by atomic mass is 10.2. The topological polar surface area (TPSA) is 67.1 Å². The van der Waals surface area contributed by atoms with Crippen molar-refractivity contribution in [2.45, 2.75) is 6.92 Å². The van der Waals surface area contributed by atoms with Crippen molar-refractivity contribution in [2.24, 2.45) is 0 Å². The van der Waals surface area contributed by atoms with Crippen LogP contribution in [0.2, 0.25) is 5.02 Å². The molecule has 0 atom stereocenters. The number of hydrogen-bond donors (Lipinski definition) is 4. The molecule has 2 amide bonds. The zero-order valence-electron chi connectivity index (χ0n) is 13.7. The molecule has 7 heteroatoms. The largest absolute Gasteiger partial charge is 0.342 e. The van der Waals surface area contributed by atoms with Gasteiger partial charge in [0.1, 0.15) is 26.2 Å². The van der Waals surface area contributed by atoms with Gasteiger partial charge in [0, 0.05) is 10.7 Å². The summed E-state index contributed by atoms with van der Waals surface area (Å²) in [5.74, 6) is -0.334. The fraction of sp³-hybridized carbons (Fsp3) is 0.500. The first kappa shape index (κ1) is 17.7. The highest BCUT2D eigenvalue weighted by Gasteiger charge is 2.22. The highest BCUT2D eigenvalue weighted by Crippen LogP contribution is 2.22. The van der Waals surface area contributed by atoms with Crippen molar-refractivity contribution in [1.82, 2.24) is 5.32 Å². The van der Waals surface area contributed by atoms with Gasteiger partial charge in [-0.2, -0.15) is 0 Å². The predicted octanol–water partition coefficient (Wildman–Crippen LogP) is -1.88. The van der Waals surface area contributed by atoms with Gasteiger partial charge in [-0.1, -0.05) is 17.7 Å². The van der Waals surface area contributed by atoms with Crippen LogP contribution in [-0.4, -0.2) is 58.1 Å². The van der Waals surface area contributed by atoms with Gasteiger partial charge in [0.25, 0.3) is 5.91 Å². The molecule has 0 spiro atoms. The van der Waals surface area contributed by atoms with Gasteiger partial charge in [0.05, 0.1) is 13.6 Å². The van der Waals surface area contributed by atoms with E-state index < -0.39 is 0 Å². The molecule has 1 aromatic carbocycles. The lowest BCUT2D eigenvalue weighted by molar-refractivity contribution is -1.000. The van der Waals surface area contributed by atoms with Crippen molar-refractivity contribution < 1.29 is 19.4 Å². The standard InChI is InChI=1S/C16H23ClN4O2/c1-12-13(17)4-3-5-14(12)19-15(22)10-18-16(23)11-21-8-6-20(2)7-9-21/h3-5H,6-11H2,1-2H3,(H,18,23)(H,19,22)/p+2. The molecule has 0 radical (unpaired) electrons. The quantitative estimate of drug-likeness (QED) is 0.507. The van der Waals surface area contributed by atoms with Crippen LogP contribution in [0, 0.1) is 6.92 Å². The number of carbonyl (C=O) groups is 2. The average Bonchev–Trinajstić information content (AvgIpc) is 2.52. The third-order valence-corrected chi connectivity index (χ3v) is 4.62. The fourth-order valence-electron chi connectivity index (χ4n) is 2.61. The third kappa shape index (κ3) is 5.49. The molecule has 1 aromatic rings. The molecular formula is C16H25ClN4O2+2. The summed E-state index contributed by atoms with van der Waals surface area (Å²) in [4.78, 5) is 26.6. The van der Waals surface area contributed by atoms with Crippen LogP contribution >= 0.6 is 11.6 Å². The second-order valence-corrected chi connectivity index (χ2v) is 6.53. The summed E-state index contributed by atoms with van der Waals surface area (Å²) in [5, 5.41) is 6.06. The Hall–Kier alpha value is -1.63. The van der Waals surface area contributed by atoms with Gasteiger partial charge in [-0.05, 0) is 24.6 Å². The van der Waals surface area contributed by atoms with Crippen LogP contribution in [0.25, 0.3) is 0 Å². The normalized spacial score (nSPS) is 20.8. The molecule has 0 aliphatic carbocycles. The smallest absolute Gasteiger partial charge is 0.275 e. The SMILES string of the molecule is Cc1c(Cl)cccc1NC(=O)CNC(=O)C[NH+]1CC[NH+](C)CC1. The Morgan fingerprint density at radius 3 is 2.57 bits per heavy atom. The summed E-state index contributed by atoms with van der Waals surface area (Å²) in [5.41, 5.74) is 1.49. The minimum atomic E-state index is -0.249. The van der Waals surface area contributed by atoms with Gasteiger partial charge in [-0.25, -0.2) is 0 Å². The van der Waals surface area contributed by atoms with Crippen molar-refractivity contribution in [3.8, 4) is 0 Å². The van der Waals surface area contributed by atoms with Crippen LogP contribution in [0.4, 0.5) is 5.69 Å². The molecule has 1 heterocycles. The Bertz CT molecular complexity index is 571. The van der Waals surface area contributed by atoms with E-state index in [0.717, 1.165) is 31.7 Å². The molecule has 0 aromatic heterocycles. The van der Waals surface area contributed by atoms with E-state index in [2.05, 4.69) is 17.7 Å². The van der Waals surface area contributed by atoms with Gasteiger partial charge in [0.15, 0.2) is 6.54 Å². The van der Waals surface area contributed by atoms with E-state index in [1.54, 1.807) is 18.2 Å². The zero-order valence-corrected chi connectivity index (χ0v) is 14.4. The highest BCUT2D eigenvalue weighted by atomic mass is 35.5. The van der Waals surface area contributed by atoms with Crippen LogP contribution in [0.5, 0.6) is 0 Å². The molecule has 1 aliphatic rings. The lowest BCUT2D eigenvalue weighted by Crippen LogP contribution is -3.27. The maximum Gasteiger partial charge on any atom is 0.275 e. The van der Waals surface area contributed by atoms with Crippen LogP contribution in [-0.2, 0) is 9.59 Å². The number of hydrogen-bond acceptors (Lipinski definition) is 2. The Balaban J connectivity index is 1.73. The number of likely N-dealkylation sites (N-methyl/N-ethyl adjacent to an activating group) is 1. The maximum atomic E-state index is 11.9. The Morgan fingerprint density at radius 1 is 1.17 bits per heavy atom. The summed E-state index contributed by atoms with van der Waals surface area (Å²) in [6.45, 7) is 6.39. The Morgan fingerprint density at radius 2 is 1.87 bits per heavy atom. The van der Waals surface area contributed by atoms with Crippen LogP contribution in [0.3, 0.4) is 0 Å². The third-order valence-electron chi connectivity index (χ3n) is 4.21. The van der Waals surface area contributed by atoms with Gasteiger partial charge in [0.2, 0.25) is 5.91 Å². The number of quaternary nitrogens is 2. The monoisotopic (exact) mass is 340 g/mol. The van der Waals surface area contributed by atoms with Gasteiger partial charge >= 0.3 is 0 Å². The van der Waals surface area contributed by atoms with Gasteiger partial charge in [-0.15, -0.1) is 0 Å². The Labute approximate surface area is 141 Å². The molecule has 6 nitrogen and oxygen atoms in total. The van der Waals surface area contributed by atoms with Crippen molar-refractivity contribution in [3.05, 3.63) is 28.8 Å². The zero-order chi connectivity index (χ0) is 16.8. The molecule has 126 valence electrons. The molecule has 0 bridgehead atoms. The fourth-order valence-corrected chi connectivity index (χ4v) is 2.79. The first-order valence-corrected chi connectivity index (χ1v) is 8.30. The summed E-state index contributed by atoms with van der Waals surface area (Å²) in [7, 11) is 2.17. The molecule has 1 saturated heterocycles. The predicted molar refractivity (Wildman–Crippen MR) is 90.0 cm³/mol. The molecule has 23 heavy (non-hydrogen) atoms. The van der Waals surface area contributed by atoms with E-state index in [9.17, 15) is 9.59 Å². The van der Waals surface area contributed by atoms with Gasteiger partial charge < -0.3 is 20.4 Å². The van der Waals surface area contributed by atoms with E-state index in [0.29, 0.717) is 17.3 Å². The second-order valence-electron chi connectivity index (χ2n) is 6.12. The summed E-state index contributed by atoms with van der Waals surface area (Å²) < 4.78 is 0. The molecule has 1 fully saturated rings. The number of benzene rings is 1. The average molecular weight is 341 g/mol. The first-order chi connectivity index (χ1) is 11.0.